The van der Waals surface area contributed by atoms with Crippen molar-refractivity contribution in [1.29, 1.82) is 0 Å². The fourth-order valence-electron chi connectivity index (χ4n) is 4.17. The van der Waals surface area contributed by atoms with Gasteiger partial charge in [0.15, 0.2) is 0 Å². The van der Waals surface area contributed by atoms with Crippen molar-refractivity contribution in [3.8, 4) is 22.6 Å². The second-order valence-electron chi connectivity index (χ2n) is 8.11. The molecule has 0 amide bonds. The zero-order valence-electron chi connectivity index (χ0n) is 18.4. The van der Waals surface area contributed by atoms with Gasteiger partial charge in [0, 0.05) is 16.6 Å². The molecular formula is C29H19ClF3NO. The minimum atomic E-state index is -4.51. The Hall–Kier alpha value is -3.83. The van der Waals surface area contributed by atoms with E-state index in [4.69, 9.17) is 16.3 Å². The fourth-order valence-corrected chi connectivity index (χ4v) is 4.35. The highest BCUT2D eigenvalue weighted by atomic mass is 35.5. The van der Waals surface area contributed by atoms with E-state index in [1.165, 1.54) is 6.07 Å². The number of rotatable bonds is 5. The summed E-state index contributed by atoms with van der Waals surface area (Å²) in [6.07, 6.45) is -2.44. The normalized spacial score (nSPS) is 11.5. The molecule has 1 heterocycles. The van der Waals surface area contributed by atoms with Crippen LogP contribution in [0.25, 0.3) is 22.0 Å². The number of halogens is 4. The van der Waals surface area contributed by atoms with Gasteiger partial charge in [-0.05, 0) is 65.1 Å². The summed E-state index contributed by atoms with van der Waals surface area (Å²) in [4.78, 5) is 4.26. The lowest BCUT2D eigenvalue weighted by atomic mass is 9.92. The average Bonchev–Trinajstić information content (AvgIpc) is 2.84. The lowest BCUT2D eigenvalue weighted by Crippen LogP contribution is -2.07. The third kappa shape index (κ3) is 5.00. The van der Waals surface area contributed by atoms with Crippen molar-refractivity contribution < 1.29 is 17.9 Å². The van der Waals surface area contributed by atoms with Crippen LogP contribution in [0.3, 0.4) is 0 Å². The molecule has 5 aromatic rings. The number of nitrogens with zero attached hydrogens (tertiary/aromatic N) is 1. The standard InChI is InChI=1S/C29H19ClF3NO/c30-22-10-5-12-24(17-22)35-23-11-4-9-20(16-23)27-21(15-19-7-2-1-3-8-19)18-34-28-25(27)13-6-14-26(28)29(31,32)33/h1-14,16-18H,15H2. The van der Waals surface area contributed by atoms with Crippen molar-refractivity contribution in [2.75, 3.05) is 0 Å². The number of hydrogen-bond acceptors (Lipinski definition) is 2. The van der Waals surface area contributed by atoms with Gasteiger partial charge in [-0.2, -0.15) is 13.2 Å². The summed E-state index contributed by atoms with van der Waals surface area (Å²) in [6.45, 7) is 0. The van der Waals surface area contributed by atoms with E-state index in [0.717, 1.165) is 22.8 Å². The van der Waals surface area contributed by atoms with Gasteiger partial charge in [0.1, 0.15) is 11.5 Å². The van der Waals surface area contributed by atoms with E-state index in [2.05, 4.69) is 4.98 Å². The highest BCUT2D eigenvalue weighted by Crippen LogP contribution is 2.40. The minimum Gasteiger partial charge on any atom is -0.457 e. The maximum atomic E-state index is 13.8. The quantitative estimate of drug-likeness (QED) is 0.246. The number of pyridine rings is 1. The molecule has 0 aliphatic heterocycles. The van der Waals surface area contributed by atoms with Gasteiger partial charge < -0.3 is 4.74 Å². The first-order valence-electron chi connectivity index (χ1n) is 10.9. The average molecular weight is 490 g/mol. The first-order valence-corrected chi connectivity index (χ1v) is 11.3. The molecule has 0 aliphatic carbocycles. The molecule has 5 rings (SSSR count). The monoisotopic (exact) mass is 489 g/mol. The topological polar surface area (TPSA) is 22.1 Å². The fraction of sp³-hybridized carbons (Fsp3) is 0.0690. The Morgan fingerprint density at radius 2 is 1.49 bits per heavy atom. The van der Waals surface area contributed by atoms with Gasteiger partial charge in [-0.1, -0.05) is 72.3 Å². The molecule has 0 spiro atoms. The Morgan fingerprint density at radius 3 is 2.23 bits per heavy atom. The second-order valence-corrected chi connectivity index (χ2v) is 8.54. The molecule has 0 aliphatic rings. The Morgan fingerprint density at radius 1 is 0.771 bits per heavy atom. The molecular weight excluding hydrogens is 471 g/mol. The number of fused-ring (bicyclic) bond motifs is 1. The lowest BCUT2D eigenvalue weighted by Gasteiger charge is -2.17. The van der Waals surface area contributed by atoms with Crippen LogP contribution < -0.4 is 4.74 Å². The molecule has 0 bridgehead atoms. The van der Waals surface area contributed by atoms with Gasteiger partial charge in [-0.3, -0.25) is 4.98 Å². The van der Waals surface area contributed by atoms with E-state index < -0.39 is 11.7 Å². The molecule has 0 N–H and O–H groups in total. The molecule has 0 saturated carbocycles. The van der Waals surface area contributed by atoms with Crippen molar-refractivity contribution in [3.05, 3.63) is 125 Å². The van der Waals surface area contributed by atoms with Crippen LogP contribution in [-0.4, -0.2) is 4.98 Å². The Labute approximate surface area is 205 Å². The van der Waals surface area contributed by atoms with Crippen molar-refractivity contribution in [2.45, 2.75) is 12.6 Å². The summed E-state index contributed by atoms with van der Waals surface area (Å²) in [5.74, 6) is 1.12. The van der Waals surface area contributed by atoms with Crippen LogP contribution in [-0.2, 0) is 12.6 Å². The molecule has 4 aromatic carbocycles. The van der Waals surface area contributed by atoms with Crippen LogP contribution >= 0.6 is 11.6 Å². The molecule has 6 heteroatoms. The zero-order chi connectivity index (χ0) is 24.4. The molecule has 174 valence electrons. The van der Waals surface area contributed by atoms with Crippen molar-refractivity contribution >= 4 is 22.5 Å². The summed E-state index contributed by atoms with van der Waals surface area (Å²) in [5, 5.41) is 0.983. The van der Waals surface area contributed by atoms with Crippen LogP contribution in [0.1, 0.15) is 16.7 Å². The number of alkyl halides is 3. The summed E-state index contributed by atoms with van der Waals surface area (Å²) in [7, 11) is 0. The summed E-state index contributed by atoms with van der Waals surface area (Å²) in [6, 6.07) is 28.3. The largest absolute Gasteiger partial charge is 0.457 e. The van der Waals surface area contributed by atoms with E-state index >= 15 is 0 Å². The SMILES string of the molecule is FC(F)(F)c1cccc2c(-c3cccc(Oc4cccc(Cl)c4)c3)c(Cc3ccccc3)cnc12. The maximum absolute atomic E-state index is 13.8. The van der Waals surface area contributed by atoms with Crippen molar-refractivity contribution in [3.63, 3.8) is 0 Å². The molecule has 1 aromatic heterocycles. The Kier molecular flexibility index (Phi) is 6.18. The van der Waals surface area contributed by atoms with Crippen LogP contribution in [0.5, 0.6) is 11.5 Å². The third-order valence-electron chi connectivity index (χ3n) is 5.67. The highest BCUT2D eigenvalue weighted by Gasteiger charge is 2.33. The summed E-state index contributed by atoms with van der Waals surface area (Å²) in [5.41, 5.74) is 2.46. The second kappa shape index (κ2) is 9.43. The minimum absolute atomic E-state index is 0.0759. The van der Waals surface area contributed by atoms with Gasteiger partial charge in [-0.25, -0.2) is 0 Å². The van der Waals surface area contributed by atoms with Crippen LogP contribution in [0, 0.1) is 0 Å². The van der Waals surface area contributed by atoms with Gasteiger partial charge in [0.25, 0.3) is 0 Å². The first-order chi connectivity index (χ1) is 16.9. The molecule has 35 heavy (non-hydrogen) atoms. The van der Waals surface area contributed by atoms with E-state index in [1.54, 1.807) is 42.6 Å². The van der Waals surface area contributed by atoms with Gasteiger partial charge in [0.2, 0.25) is 0 Å². The zero-order valence-corrected chi connectivity index (χ0v) is 19.1. The van der Waals surface area contributed by atoms with Gasteiger partial charge in [0.05, 0.1) is 11.1 Å². The number of benzene rings is 4. The third-order valence-corrected chi connectivity index (χ3v) is 5.91. The van der Waals surface area contributed by atoms with E-state index in [9.17, 15) is 13.2 Å². The smallest absolute Gasteiger partial charge is 0.418 e. The molecule has 2 nitrogen and oxygen atoms in total. The molecule has 0 unspecified atom stereocenters. The highest BCUT2D eigenvalue weighted by molar-refractivity contribution is 6.30. The first kappa shape index (κ1) is 22.9. The van der Waals surface area contributed by atoms with E-state index in [-0.39, 0.29) is 5.52 Å². The van der Waals surface area contributed by atoms with E-state index in [1.807, 2.05) is 48.5 Å². The van der Waals surface area contributed by atoms with Crippen LogP contribution in [0.15, 0.2) is 103 Å². The molecule has 0 atom stereocenters. The van der Waals surface area contributed by atoms with Crippen molar-refractivity contribution in [1.82, 2.24) is 4.98 Å². The van der Waals surface area contributed by atoms with Crippen molar-refractivity contribution in [2.24, 2.45) is 0 Å². The summed E-state index contributed by atoms with van der Waals surface area (Å²) >= 11 is 6.07. The van der Waals surface area contributed by atoms with Crippen LogP contribution in [0.2, 0.25) is 5.02 Å². The predicted molar refractivity (Wildman–Crippen MR) is 133 cm³/mol. The number of ether oxygens (including phenoxy) is 1. The maximum Gasteiger partial charge on any atom is 0.418 e. The Balaban J connectivity index is 1.68. The van der Waals surface area contributed by atoms with Gasteiger partial charge >= 0.3 is 6.18 Å². The molecule has 0 radical (unpaired) electrons. The predicted octanol–water partition coefficient (Wildman–Crippen LogP) is 8.96. The number of aromatic nitrogens is 1. The lowest BCUT2D eigenvalue weighted by molar-refractivity contribution is -0.136. The number of para-hydroxylation sites is 1. The van der Waals surface area contributed by atoms with Gasteiger partial charge in [-0.15, -0.1) is 0 Å². The molecule has 0 saturated heterocycles. The van der Waals surface area contributed by atoms with E-state index in [0.29, 0.717) is 33.9 Å². The molecule has 0 fully saturated rings. The number of hydrogen-bond donors (Lipinski definition) is 0. The summed E-state index contributed by atoms with van der Waals surface area (Å²) < 4.78 is 47.3. The Bertz CT molecular complexity index is 1500. The van der Waals surface area contributed by atoms with Crippen LogP contribution in [0.4, 0.5) is 13.2 Å².